The Bertz CT molecular complexity index is 373. The first kappa shape index (κ1) is 12.0. The highest BCUT2D eigenvalue weighted by Gasteiger charge is 2.04. The summed E-state index contributed by atoms with van der Waals surface area (Å²) in [5.41, 5.74) is 7.11. The van der Waals surface area contributed by atoms with Gasteiger partial charge in [0.2, 0.25) is 5.91 Å². The molecule has 4 N–H and O–H groups in total. The molecule has 16 heavy (non-hydrogen) atoms. The Hall–Kier alpha value is -2.04. The number of benzene rings is 1. The number of nitrogens with two attached hydrogens (primary N) is 1. The van der Waals surface area contributed by atoms with Gasteiger partial charge in [0, 0.05) is 18.7 Å². The van der Waals surface area contributed by atoms with Crippen molar-refractivity contribution in [3.63, 3.8) is 0 Å². The van der Waals surface area contributed by atoms with Gasteiger partial charge >= 0.3 is 5.97 Å². The molecule has 0 atom stereocenters. The summed E-state index contributed by atoms with van der Waals surface area (Å²) < 4.78 is 0. The van der Waals surface area contributed by atoms with Crippen LogP contribution in [0.2, 0.25) is 0 Å². The van der Waals surface area contributed by atoms with Crippen LogP contribution in [0, 0.1) is 0 Å². The van der Waals surface area contributed by atoms with Crippen LogP contribution in [-0.4, -0.2) is 17.0 Å². The summed E-state index contributed by atoms with van der Waals surface area (Å²) in [5, 5.41) is 11.0. The molecule has 5 heteroatoms. The first-order valence-corrected chi connectivity index (χ1v) is 4.91. The summed E-state index contributed by atoms with van der Waals surface area (Å²) in [6, 6.07) is 7.12. The van der Waals surface area contributed by atoms with E-state index in [1.165, 1.54) is 0 Å². The van der Waals surface area contributed by atoms with Gasteiger partial charge in [-0.3, -0.25) is 9.59 Å². The molecule has 1 amide bonds. The zero-order valence-electron chi connectivity index (χ0n) is 8.77. The molecular formula is C11H14N2O3. The molecular weight excluding hydrogens is 208 g/mol. The number of carboxylic acid groups (broad SMARTS) is 1. The molecule has 1 rings (SSSR count). The van der Waals surface area contributed by atoms with E-state index < -0.39 is 5.97 Å². The molecule has 0 aliphatic carbocycles. The first-order chi connectivity index (χ1) is 7.58. The SMILES string of the molecule is Nc1ccc(CNC(=O)CCC(=O)O)cc1. The second kappa shape index (κ2) is 5.75. The van der Waals surface area contributed by atoms with Gasteiger partial charge in [-0.25, -0.2) is 0 Å². The summed E-state index contributed by atoms with van der Waals surface area (Å²) >= 11 is 0. The van der Waals surface area contributed by atoms with Crippen molar-refractivity contribution >= 4 is 17.6 Å². The number of anilines is 1. The average molecular weight is 222 g/mol. The molecule has 0 aromatic heterocycles. The Kier molecular flexibility index (Phi) is 4.32. The van der Waals surface area contributed by atoms with Crippen molar-refractivity contribution in [3.05, 3.63) is 29.8 Å². The Balaban J connectivity index is 2.31. The minimum atomic E-state index is -0.970. The molecule has 0 radical (unpaired) electrons. The van der Waals surface area contributed by atoms with E-state index in [0.717, 1.165) is 5.56 Å². The number of hydrogen-bond donors (Lipinski definition) is 3. The molecule has 0 heterocycles. The van der Waals surface area contributed by atoms with Crippen molar-refractivity contribution in [2.75, 3.05) is 5.73 Å². The van der Waals surface area contributed by atoms with Crippen molar-refractivity contribution in [3.8, 4) is 0 Å². The number of carboxylic acids is 1. The van der Waals surface area contributed by atoms with Gasteiger partial charge in [0.25, 0.3) is 0 Å². The van der Waals surface area contributed by atoms with Gasteiger partial charge in [0.1, 0.15) is 0 Å². The lowest BCUT2D eigenvalue weighted by atomic mass is 10.2. The summed E-state index contributed by atoms with van der Waals surface area (Å²) in [6.45, 7) is 0.388. The molecule has 86 valence electrons. The molecule has 0 saturated heterocycles. The van der Waals surface area contributed by atoms with Crippen LogP contribution in [0.5, 0.6) is 0 Å². The summed E-state index contributed by atoms with van der Waals surface area (Å²) in [5.74, 6) is -1.23. The Morgan fingerprint density at radius 3 is 2.38 bits per heavy atom. The maximum absolute atomic E-state index is 11.2. The molecule has 0 aliphatic heterocycles. The maximum Gasteiger partial charge on any atom is 0.303 e. The molecule has 0 unspecified atom stereocenters. The van der Waals surface area contributed by atoms with E-state index >= 15 is 0 Å². The van der Waals surface area contributed by atoms with Crippen molar-refractivity contribution in [1.29, 1.82) is 0 Å². The summed E-state index contributed by atoms with van der Waals surface area (Å²) in [7, 11) is 0. The molecule has 0 spiro atoms. The predicted octanol–water partition coefficient (Wildman–Crippen LogP) is 0.750. The predicted molar refractivity (Wildman–Crippen MR) is 59.6 cm³/mol. The second-order valence-electron chi connectivity index (χ2n) is 3.41. The van der Waals surface area contributed by atoms with Crippen molar-refractivity contribution in [2.45, 2.75) is 19.4 Å². The topological polar surface area (TPSA) is 92.4 Å². The minimum absolute atomic E-state index is 0.00427. The standard InChI is InChI=1S/C11H14N2O3/c12-9-3-1-8(2-4-9)7-13-10(14)5-6-11(15)16/h1-4H,5-7,12H2,(H,13,14)(H,15,16). The maximum atomic E-state index is 11.2. The lowest BCUT2D eigenvalue weighted by Crippen LogP contribution is -2.23. The van der Waals surface area contributed by atoms with Gasteiger partial charge in [-0.2, -0.15) is 0 Å². The number of hydrogen-bond acceptors (Lipinski definition) is 3. The van der Waals surface area contributed by atoms with Crippen LogP contribution in [0.4, 0.5) is 5.69 Å². The summed E-state index contributed by atoms with van der Waals surface area (Å²) in [4.78, 5) is 21.4. The van der Waals surface area contributed by atoms with E-state index in [9.17, 15) is 9.59 Å². The van der Waals surface area contributed by atoms with Crippen molar-refractivity contribution in [1.82, 2.24) is 5.32 Å². The third-order valence-corrected chi connectivity index (χ3v) is 2.04. The zero-order valence-corrected chi connectivity index (χ0v) is 8.77. The van der Waals surface area contributed by atoms with Gasteiger partial charge in [0.05, 0.1) is 6.42 Å². The molecule has 0 saturated carbocycles. The number of amides is 1. The van der Waals surface area contributed by atoms with E-state index in [1.807, 2.05) is 12.1 Å². The quantitative estimate of drug-likeness (QED) is 0.641. The van der Waals surface area contributed by atoms with Gasteiger partial charge in [-0.1, -0.05) is 12.1 Å². The average Bonchev–Trinajstić information content (AvgIpc) is 2.25. The molecule has 1 aromatic rings. The highest BCUT2D eigenvalue weighted by molar-refractivity contribution is 5.80. The van der Waals surface area contributed by atoms with E-state index in [0.29, 0.717) is 12.2 Å². The second-order valence-corrected chi connectivity index (χ2v) is 3.41. The number of nitrogens with one attached hydrogen (secondary N) is 1. The molecule has 5 nitrogen and oxygen atoms in total. The minimum Gasteiger partial charge on any atom is -0.481 e. The number of aliphatic carboxylic acids is 1. The third-order valence-electron chi connectivity index (χ3n) is 2.04. The van der Waals surface area contributed by atoms with Crippen LogP contribution < -0.4 is 11.1 Å². The van der Waals surface area contributed by atoms with Crippen LogP contribution >= 0.6 is 0 Å². The van der Waals surface area contributed by atoms with Crippen LogP contribution in [-0.2, 0) is 16.1 Å². The molecule has 0 bridgehead atoms. The highest BCUT2D eigenvalue weighted by atomic mass is 16.4. The van der Waals surface area contributed by atoms with Crippen molar-refractivity contribution < 1.29 is 14.7 Å². The number of carbonyl (C=O) groups excluding carboxylic acids is 1. The molecule has 0 fully saturated rings. The summed E-state index contributed by atoms with van der Waals surface area (Å²) in [6.07, 6.45) is -0.141. The van der Waals surface area contributed by atoms with E-state index in [4.69, 9.17) is 10.8 Å². The zero-order chi connectivity index (χ0) is 12.0. The molecule has 0 aliphatic rings. The fourth-order valence-corrected chi connectivity index (χ4v) is 1.14. The normalized spacial score (nSPS) is 9.75. The Morgan fingerprint density at radius 1 is 1.19 bits per heavy atom. The van der Waals surface area contributed by atoms with Crippen LogP contribution in [0.1, 0.15) is 18.4 Å². The van der Waals surface area contributed by atoms with Crippen LogP contribution in [0.25, 0.3) is 0 Å². The fraction of sp³-hybridized carbons (Fsp3) is 0.273. The smallest absolute Gasteiger partial charge is 0.303 e. The Labute approximate surface area is 93.3 Å². The molecule has 1 aromatic carbocycles. The van der Waals surface area contributed by atoms with Gasteiger partial charge in [-0.05, 0) is 17.7 Å². The van der Waals surface area contributed by atoms with E-state index in [2.05, 4.69) is 5.32 Å². The first-order valence-electron chi connectivity index (χ1n) is 4.91. The van der Waals surface area contributed by atoms with Gasteiger partial charge < -0.3 is 16.2 Å². The van der Waals surface area contributed by atoms with Crippen LogP contribution in [0.15, 0.2) is 24.3 Å². The van der Waals surface area contributed by atoms with Gasteiger partial charge in [0.15, 0.2) is 0 Å². The van der Waals surface area contributed by atoms with Crippen molar-refractivity contribution in [2.24, 2.45) is 0 Å². The number of carbonyl (C=O) groups is 2. The lowest BCUT2D eigenvalue weighted by molar-refractivity contribution is -0.138. The highest BCUT2D eigenvalue weighted by Crippen LogP contribution is 2.04. The van der Waals surface area contributed by atoms with E-state index in [-0.39, 0.29) is 18.7 Å². The number of rotatable bonds is 5. The largest absolute Gasteiger partial charge is 0.481 e. The lowest BCUT2D eigenvalue weighted by Gasteiger charge is -2.04. The van der Waals surface area contributed by atoms with E-state index in [1.54, 1.807) is 12.1 Å². The third kappa shape index (κ3) is 4.45. The monoisotopic (exact) mass is 222 g/mol. The number of nitrogen functional groups attached to an aromatic ring is 1. The van der Waals surface area contributed by atoms with Crippen LogP contribution in [0.3, 0.4) is 0 Å². The Morgan fingerprint density at radius 2 is 1.81 bits per heavy atom. The fourth-order valence-electron chi connectivity index (χ4n) is 1.14. The van der Waals surface area contributed by atoms with Gasteiger partial charge in [-0.15, -0.1) is 0 Å².